The van der Waals surface area contributed by atoms with Gasteiger partial charge in [0.05, 0.1) is 11.9 Å². The van der Waals surface area contributed by atoms with Crippen molar-refractivity contribution < 1.29 is 5.11 Å². The predicted octanol–water partition coefficient (Wildman–Crippen LogP) is 4.27. The predicted molar refractivity (Wildman–Crippen MR) is 123 cm³/mol. The first-order valence-corrected chi connectivity index (χ1v) is 11.9. The topological polar surface area (TPSA) is 75.9 Å². The number of phenols is 1. The Kier molecular flexibility index (Phi) is 4.61. The average Bonchev–Trinajstić information content (AvgIpc) is 3.37. The first-order chi connectivity index (χ1) is 15.1. The Morgan fingerprint density at radius 3 is 2.68 bits per heavy atom. The third kappa shape index (κ3) is 3.46. The molecule has 6 nitrogen and oxygen atoms in total. The number of hydrogen-bond donors (Lipinski definition) is 2. The lowest BCUT2D eigenvalue weighted by atomic mass is 9.84. The molecule has 0 spiro atoms. The van der Waals surface area contributed by atoms with E-state index in [1.165, 1.54) is 36.2 Å². The first-order valence-electron chi connectivity index (χ1n) is 10.9. The minimum Gasteiger partial charge on any atom is -0.507 e. The summed E-state index contributed by atoms with van der Waals surface area (Å²) in [6, 6.07) is 9.10. The van der Waals surface area contributed by atoms with E-state index in [1.54, 1.807) is 28.7 Å². The second kappa shape index (κ2) is 7.50. The summed E-state index contributed by atoms with van der Waals surface area (Å²) in [6.45, 7) is 0. The van der Waals surface area contributed by atoms with Crippen LogP contribution in [0.3, 0.4) is 0 Å². The highest BCUT2D eigenvalue weighted by Crippen LogP contribution is 2.44. The van der Waals surface area contributed by atoms with Crippen molar-refractivity contribution in [1.82, 2.24) is 25.3 Å². The first kappa shape index (κ1) is 19.1. The molecule has 1 unspecified atom stereocenters. The summed E-state index contributed by atoms with van der Waals surface area (Å²) < 4.78 is 1.76. The van der Waals surface area contributed by atoms with Crippen LogP contribution in [0.5, 0.6) is 5.75 Å². The van der Waals surface area contributed by atoms with Crippen molar-refractivity contribution in [3.8, 4) is 28.1 Å². The molecule has 2 bridgehead atoms. The molecule has 2 N–H and O–H groups in total. The number of aromatic nitrogens is 4. The number of phenolic OH excluding ortho intramolecular Hbond substituents is 1. The number of nitrogens with one attached hydrogen (secondary N) is 1. The fraction of sp³-hybridized carbons (Fsp3) is 0.375. The molecule has 2 fully saturated rings. The zero-order valence-electron chi connectivity index (χ0n) is 17.5. The Labute approximate surface area is 185 Å². The number of aryl methyl sites for hydroxylation is 1. The standard InChI is InChI=1S/C24H25N5OS/c1-29-13-16(12-25-29)14-2-5-20(22(30)10-14)21-11-23-24(28-27-21)19(6-7-31-23)15-8-17-3-4-18(9-15)26-17/h2,5-6,10-13,15,17-18,26,30H,3-4,7-9H2,1H3/t15-,17-,18?/m0/s1. The van der Waals surface area contributed by atoms with Gasteiger partial charge >= 0.3 is 0 Å². The quantitative estimate of drug-likeness (QED) is 0.645. The smallest absolute Gasteiger partial charge is 0.125 e. The van der Waals surface area contributed by atoms with Crippen molar-refractivity contribution in [1.29, 1.82) is 0 Å². The second-order valence-electron chi connectivity index (χ2n) is 8.85. The van der Waals surface area contributed by atoms with Gasteiger partial charge in [0.25, 0.3) is 0 Å². The third-order valence-electron chi connectivity index (χ3n) is 6.80. The normalized spacial score (nSPS) is 24.7. The molecule has 3 aromatic rings. The van der Waals surface area contributed by atoms with Gasteiger partial charge in [-0.25, -0.2) is 0 Å². The molecule has 0 saturated carbocycles. The monoisotopic (exact) mass is 431 g/mol. The van der Waals surface area contributed by atoms with Crippen LogP contribution in [-0.2, 0) is 7.05 Å². The van der Waals surface area contributed by atoms with E-state index < -0.39 is 0 Å². The van der Waals surface area contributed by atoms with Gasteiger partial charge in [0.2, 0.25) is 0 Å². The van der Waals surface area contributed by atoms with Gasteiger partial charge in [0, 0.05) is 47.1 Å². The lowest BCUT2D eigenvalue weighted by Crippen LogP contribution is -2.38. The number of piperidine rings is 1. The maximum Gasteiger partial charge on any atom is 0.125 e. The van der Waals surface area contributed by atoms with E-state index in [1.807, 2.05) is 25.4 Å². The van der Waals surface area contributed by atoms with Crippen molar-refractivity contribution in [2.24, 2.45) is 13.0 Å². The Bertz CT molecular complexity index is 1170. The second-order valence-corrected chi connectivity index (χ2v) is 9.92. The van der Waals surface area contributed by atoms with Gasteiger partial charge in [-0.15, -0.1) is 22.0 Å². The maximum atomic E-state index is 10.7. The van der Waals surface area contributed by atoms with Gasteiger partial charge in [0.1, 0.15) is 11.4 Å². The Morgan fingerprint density at radius 2 is 1.94 bits per heavy atom. The molecular formula is C24H25N5OS. The Morgan fingerprint density at radius 1 is 1.10 bits per heavy atom. The van der Waals surface area contributed by atoms with Crippen LogP contribution in [0.1, 0.15) is 31.4 Å². The summed E-state index contributed by atoms with van der Waals surface area (Å²) in [5, 5.41) is 27.9. The number of benzene rings is 1. The van der Waals surface area contributed by atoms with E-state index in [9.17, 15) is 5.11 Å². The SMILES string of the molecule is Cn1cc(-c2ccc(-c3cc4c(nn3)C([C@@H]3CC5CC[C@@H](C3)N5)=CCS4)c(O)c2)cn1. The molecule has 0 amide bonds. The van der Waals surface area contributed by atoms with Crippen LogP contribution >= 0.6 is 11.8 Å². The average molecular weight is 432 g/mol. The van der Waals surface area contributed by atoms with Gasteiger partial charge in [-0.05, 0) is 60.9 Å². The summed E-state index contributed by atoms with van der Waals surface area (Å²) in [7, 11) is 1.88. The highest BCUT2D eigenvalue weighted by atomic mass is 32.2. The fourth-order valence-corrected chi connectivity index (χ4v) is 6.24. The van der Waals surface area contributed by atoms with Crippen LogP contribution in [0.25, 0.3) is 28.0 Å². The highest BCUT2D eigenvalue weighted by Gasteiger charge is 2.36. The van der Waals surface area contributed by atoms with E-state index in [0.29, 0.717) is 29.3 Å². The third-order valence-corrected chi connectivity index (χ3v) is 7.75. The lowest BCUT2D eigenvalue weighted by Gasteiger charge is -2.32. The van der Waals surface area contributed by atoms with E-state index >= 15 is 0 Å². The number of rotatable bonds is 3. The number of allylic oxidation sites excluding steroid dienone is 1. The lowest BCUT2D eigenvalue weighted by molar-refractivity contribution is 0.350. The molecule has 6 rings (SSSR count). The van der Waals surface area contributed by atoms with E-state index in [0.717, 1.165) is 22.6 Å². The largest absolute Gasteiger partial charge is 0.507 e. The van der Waals surface area contributed by atoms with Crippen molar-refractivity contribution in [2.45, 2.75) is 42.7 Å². The van der Waals surface area contributed by atoms with Crippen LogP contribution in [0.4, 0.5) is 0 Å². The van der Waals surface area contributed by atoms with Crippen LogP contribution in [0, 0.1) is 5.92 Å². The summed E-state index contributed by atoms with van der Waals surface area (Å²) in [5.41, 5.74) is 5.75. The molecule has 31 heavy (non-hydrogen) atoms. The summed E-state index contributed by atoms with van der Waals surface area (Å²) >= 11 is 1.80. The van der Waals surface area contributed by atoms with Gasteiger partial charge in [-0.3, -0.25) is 4.68 Å². The molecular weight excluding hydrogens is 406 g/mol. The molecule has 5 heterocycles. The van der Waals surface area contributed by atoms with Gasteiger partial charge in [0.15, 0.2) is 0 Å². The van der Waals surface area contributed by atoms with E-state index in [2.05, 4.69) is 32.8 Å². The van der Waals surface area contributed by atoms with E-state index in [-0.39, 0.29) is 5.75 Å². The van der Waals surface area contributed by atoms with Crippen molar-refractivity contribution in [2.75, 3.05) is 5.75 Å². The Balaban J connectivity index is 1.30. The minimum atomic E-state index is 0.210. The van der Waals surface area contributed by atoms with Crippen molar-refractivity contribution in [3.05, 3.63) is 48.4 Å². The Hall–Kier alpha value is -2.64. The summed E-state index contributed by atoms with van der Waals surface area (Å²) in [5.74, 6) is 1.76. The molecule has 3 aliphatic rings. The number of fused-ring (bicyclic) bond motifs is 3. The molecule has 1 aromatic carbocycles. The molecule has 158 valence electrons. The van der Waals surface area contributed by atoms with Crippen molar-refractivity contribution >= 4 is 17.3 Å². The van der Waals surface area contributed by atoms with Crippen LogP contribution < -0.4 is 5.32 Å². The van der Waals surface area contributed by atoms with Crippen LogP contribution in [0.15, 0.2) is 47.6 Å². The zero-order chi connectivity index (χ0) is 20.9. The van der Waals surface area contributed by atoms with Gasteiger partial charge in [-0.2, -0.15) is 5.10 Å². The van der Waals surface area contributed by atoms with Gasteiger partial charge < -0.3 is 10.4 Å². The molecule has 2 saturated heterocycles. The van der Waals surface area contributed by atoms with Crippen molar-refractivity contribution in [3.63, 3.8) is 0 Å². The maximum absolute atomic E-state index is 10.7. The molecule has 3 aliphatic heterocycles. The summed E-state index contributed by atoms with van der Waals surface area (Å²) in [4.78, 5) is 1.17. The number of thioether (sulfide) groups is 1. The molecule has 7 heteroatoms. The van der Waals surface area contributed by atoms with Crippen LogP contribution in [-0.4, -0.2) is 42.9 Å². The zero-order valence-corrected chi connectivity index (χ0v) is 18.3. The van der Waals surface area contributed by atoms with E-state index in [4.69, 9.17) is 0 Å². The number of nitrogens with zero attached hydrogens (tertiary/aromatic N) is 4. The minimum absolute atomic E-state index is 0.210. The fourth-order valence-electron chi connectivity index (χ4n) is 5.30. The molecule has 3 atom stereocenters. The van der Waals surface area contributed by atoms with Crippen LogP contribution in [0.2, 0.25) is 0 Å². The molecule has 0 aliphatic carbocycles. The molecule has 0 radical (unpaired) electrons. The number of hydrogen-bond acceptors (Lipinski definition) is 6. The summed E-state index contributed by atoms with van der Waals surface area (Å²) in [6.07, 6.45) is 11.1. The van der Waals surface area contributed by atoms with Gasteiger partial charge in [-0.1, -0.05) is 12.1 Å². The molecule has 2 aromatic heterocycles. The highest BCUT2D eigenvalue weighted by molar-refractivity contribution is 7.99. The number of aromatic hydroxyl groups is 1.